The summed E-state index contributed by atoms with van der Waals surface area (Å²) in [5.74, 6) is -2.60. The van der Waals surface area contributed by atoms with E-state index < -0.39 is 17.8 Å². The number of carbonyl (C=O) groups excluding carboxylic acids is 3. The summed E-state index contributed by atoms with van der Waals surface area (Å²) in [6.07, 6.45) is 8.47. The minimum absolute atomic E-state index is 0.0416. The number of carboxylic acid groups (broad SMARTS) is 1. The first-order valence-corrected chi connectivity index (χ1v) is 12.8. The Morgan fingerprint density at radius 1 is 0.806 bits per heavy atom. The number of hydrogen-bond acceptors (Lipinski definition) is 5. The van der Waals surface area contributed by atoms with Crippen LogP contribution in [0.1, 0.15) is 107 Å². The highest BCUT2D eigenvalue weighted by molar-refractivity contribution is 6.34. The van der Waals surface area contributed by atoms with E-state index in [9.17, 15) is 24.3 Å². The van der Waals surface area contributed by atoms with Crippen LogP contribution in [0.3, 0.4) is 0 Å². The molecule has 0 unspecified atom stereocenters. The quantitative estimate of drug-likeness (QED) is 0.237. The van der Waals surface area contributed by atoms with Gasteiger partial charge in [0, 0.05) is 18.8 Å². The van der Waals surface area contributed by atoms with E-state index in [0.29, 0.717) is 24.3 Å². The summed E-state index contributed by atoms with van der Waals surface area (Å²) in [5.41, 5.74) is 1.39. The van der Waals surface area contributed by atoms with E-state index in [1.165, 1.54) is 18.2 Å². The molecule has 8 nitrogen and oxygen atoms in total. The fourth-order valence-corrected chi connectivity index (χ4v) is 4.25. The number of carboxylic acids is 1. The van der Waals surface area contributed by atoms with Gasteiger partial charge in [-0.25, -0.2) is 9.69 Å². The second kappa shape index (κ2) is 12.9. The third kappa shape index (κ3) is 6.30. The van der Waals surface area contributed by atoms with E-state index in [0.717, 1.165) is 56.3 Å². The fraction of sp³-hybridized carbons (Fsp3) is 0.429. The maximum Gasteiger partial charge on any atom is 0.335 e. The zero-order valence-electron chi connectivity index (χ0n) is 21.1. The second-order valence-electron chi connectivity index (χ2n) is 9.05. The number of benzene rings is 2. The lowest BCUT2D eigenvalue weighted by atomic mass is 10.1. The van der Waals surface area contributed by atoms with E-state index in [1.54, 1.807) is 18.2 Å². The molecule has 1 heterocycles. The van der Waals surface area contributed by atoms with Crippen LogP contribution in [-0.4, -0.2) is 41.9 Å². The van der Waals surface area contributed by atoms with Crippen molar-refractivity contribution >= 4 is 35.1 Å². The lowest BCUT2D eigenvalue weighted by Gasteiger charge is -2.18. The summed E-state index contributed by atoms with van der Waals surface area (Å²) in [7, 11) is 0. The Hall–Kier alpha value is -3.68. The Labute approximate surface area is 212 Å². The molecule has 1 aliphatic rings. The first-order chi connectivity index (χ1) is 17.4. The van der Waals surface area contributed by atoms with Gasteiger partial charge < -0.3 is 15.7 Å². The standard InChI is InChI=1S/C28H35N3O5/c1-3-5-7-9-15-29-24-14-12-20(18-23(24)25(32)30-16-10-8-6-4-2)31-26(33)21-13-11-19(28(35)36)17-22(21)27(31)34/h11-14,17-18,29H,3-10,15-16H2,1-2H3,(H,30,32)(H,35,36). The molecule has 2 aromatic carbocycles. The molecule has 3 rings (SSSR count). The van der Waals surface area contributed by atoms with Crippen molar-refractivity contribution in [3.63, 3.8) is 0 Å². The highest BCUT2D eigenvalue weighted by Gasteiger charge is 2.37. The molecule has 36 heavy (non-hydrogen) atoms. The third-order valence-electron chi connectivity index (χ3n) is 6.30. The minimum atomic E-state index is -1.18. The highest BCUT2D eigenvalue weighted by Crippen LogP contribution is 2.31. The Kier molecular flexibility index (Phi) is 9.61. The zero-order chi connectivity index (χ0) is 26.1. The number of anilines is 2. The van der Waals surface area contributed by atoms with E-state index in [1.807, 2.05) is 0 Å². The number of imide groups is 1. The molecule has 1 aliphatic heterocycles. The lowest BCUT2D eigenvalue weighted by Crippen LogP contribution is -2.30. The number of amides is 3. The van der Waals surface area contributed by atoms with Gasteiger partial charge in [0.2, 0.25) is 0 Å². The molecule has 3 amide bonds. The zero-order valence-corrected chi connectivity index (χ0v) is 21.1. The highest BCUT2D eigenvalue weighted by atomic mass is 16.4. The minimum Gasteiger partial charge on any atom is -0.478 e. The van der Waals surface area contributed by atoms with Gasteiger partial charge in [-0.2, -0.15) is 0 Å². The van der Waals surface area contributed by atoms with Gasteiger partial charge >= 0.3 is 5.97 Å². The van der Waals surface area contributed by atoms with Crippen molar-refractivity contribution < 1.29 is 24.3 Å². The molecule has 0 saturated heterocycles. The number of carbonyl (C=O) groups is 4. The van der Waals surface area contributed by atoms with Crippen LogP contribution in [0.25, 0.3) is 0 Å². The molecule has 0 aliphatic carbocycles. The molecule has 0 spiro atoms. The molecule has 0 atom stereocenters. The number of hydrogen-bond donors (Lipinski definition) is 3. The number of fused-ring (bicyclic) bond motifs is 1. The molecule has 0 aromatic heterocycles. The molecule has 3 N–H and O–H groups in total. The summed E-state index contributed by atoms with van der Waals surface area (Å²) in [6.45, 7) is 5.53. The SMILES string of the molecule is CCCCCCNC(=O)c1cc(N2C(=O)c3ccc(C(=O)O)cc3C2=O)ccc1NCCCCCC. The fourth-order valence-electron chi connectivity index (χ4n) is 4.25. The Balaban J connectivity index is 1.85. The van der Waals surface area contributed by atoms with Gasteiger partial charge in [0.25, 0.3) is 17.7 Å². The Morgan fingerprint density at radius 3 is 2.14 bits per heavy atom. The summed E-state index contributed by atoms with van der Waals surface area (Å²) < 4.78 is 0. The molecule has 0 fully saturated rings. The van der Waals surface area contributed by atoms with Crippen molar-refractivity contribution in [2.75, 3.05) is 23.3 Å². The van der Waals surface area contributed by atoms with Crippen LogP contribution in [0.4, 0.5) is 11.4 Å². The molecule has 192 valence electrons. The van der Waals surface area contributed by atoms with Gasteiger partial charge in [0.15, 0.2) is 0 Å². The summed E-state index contributed by atoms with van der Waals surface area (Å²) in [4.78, 5) is 51.6. The number of unbranched alkanes of at least 4 members (excludes halogenated alkanes) is 6. The van der Waals surface area contributed by atoms with E-state index in [-0.39, 0.29) is 28.3 Å². The maximum absolute atomic E-state index is 13.1. The molecule has 0 saturated carbocycles. The average molecular weight is 494 g/mol. The maximum atomic E-state index is 13.1. The van der Waals surface area contributed by atoms with Crippen molar-refractivity contribution in [1.82, 2.24) is 5.32 Å². The molecule has 0 bridgehead atoms. The van der Waals surface area contributed by atoms with E-state index >= 15 is 0 Å². The molecule has 0 radical (unpaired) electrons. The number of rotatable bonds is 14. The van der Waals surface area contributed by atoms with Crippen LogP contribution in [0, 0.1) is 0 Å². The summed E-state index contributed by atoms with van der Waals surface area (Å²) >= 11 is 0. The average Bonchev–Trinajstić information content (AvgIpc) is 3.12. The van der Waals surface area contributed by atoms with E-state index in [4.69, 9.17) is 0 Å². The van der Waals surface area contributed by atoms with Crippen molar-refractivity contribution in [2.45, 2.75) is 65.2 Å². The van der Waals surface area contributed by atoms with Gasteiger partial charge in [-0.3, -0.25) is 14.4 Å². The second-order valence-corrected chi connectivity index (χ2v) is 9.05. The van der Waals surface area contributed by atoms with Crippen molar-refractivity contribution in [3.05, 3.63) is 58.7 Å². The Morgan fingerprint density at radius 2 is 1.47 bits per heavy atom. The van der Waals surface area contributed by atoms with E-state index in [2.05, 4.69) is 24.5 Å². The summed E-state index contributed by atoms with van der Waals surface area (Å²) in [6, 6.07) is 8.77. The van der Waals surface area contributed by atoms with Crippen LogP contribution >= 0.6 is 0 Å². The number of nitrogens with zero attached hydrogens (tertiary/aromatic N) is 1. The van der Waals surface area contributed by atoms with Crippen LogP contribution < -0.4 is 15.5 Å². The first kappa shape index (κ1) is 26.9. The predicted octanol–water partition coefficient (Wildman–Crippen LogP) is 5.49. The van der Waals surface area contributed by atoms with Crippen molar-refractivity contribution in [2.24, 2.45) is 0 Å². The van der Waals surface area contributed by atoms with Gasteiger partial charge in [-0.1, -0.05) is 52.4 Å². The van der Waals surface area contributed by atoms with Crippen LogP contribution in [0.2, 0.25) is 0 Å². The monoisotopic (exact) mass is 493 g/mol. The van der Waals surface area contributed by atoms with Gasteiger partial charge in [-0.05, 0) is 49.2 Å². The van der Waals surface area contributed by atoms with Gasteiger partial charge in [-0.15, -0.1) is 0 Å². The molecule has 2 aromatic rings. The van der Waals surface area contributed by atoms with Gasteiger partial charge in [0.1, 0.15) is 0 Å². The van der Waals surface area contributed by atoms with Crippen molar-refractivity contribution in [3.8, 4) is 0 Å². The largest absolute Gasteiger partial charge is 0.478 e. The van der Waals surface area contributed by atoms with Crippen LogP contribution in [0.15, 0.2) is 36.4 Å². The normalized spacial score (nSPS) is 12.6. The van der Waals surface area contributed by atoms with Gasteiger partial charge in [0.05, 0.1) is 27.9 Å². The lowest BCUT2D eigenvalue weighted by molar-refractivity contribution is 0.0696. The molecule has 8 heteroatoms. The first-order valence-electron chi connectivity index (χ1n) is 12.8. The topological polar surface area (TPSA) is 116 Å². The number of nitrogens with one attached hydrogen (secondary N) is 2. The van der Waals surface area contributed by atoms with Crippen LogP contribution in [0.5, 0.6) is 0 Å². The third-order valence-corrected chi connectivity index (χ3v) is 6.30. The Bertz CT molecular complexity index is 1130. The smallest absolute Gasteiger partial charge is 0.335 e. The number of aromatic carboxylic acids is 1. The molecular weight excluding hydrogens is 458 g/mol. The summed E-state index contributed by atoms with van der Waals surface area (Å²) in [5, 5.41) is 15.5. The molecular formula is C28H35N3O5. The predicted molar refractivity (Wildman–Crippen MR) is 140 cm³/mol. The van der Waals surface area contributed by atoms with Crippen molar-refractivity contribution in [1.29, 1.82) is 0 Å². The van der Waals surface area contributed by atoms with Crippen LogP contribution in [-0.2, 0) is 0 Å².